The molecular formula is C31H36FN9. The Morgan fingerprint density at radius 2 is 1.71 bits per heavy atom. The number of nitrogen functional groups attached to an aromatic ring is 1. The van der Waals surface area contributed by atoms with E-state index in [4.69, 9.17) is 5.73 Å². The molecule has 1 saturated carbocycles. The number of nitrogens with two attached hydrogens (primary N) is 1. The Labute approximate surface area is 238 Å². The van der Waals surface area contributed by atoms with Crippen LogP contribution in [0.15, 0.2) is 48.9 Å². The summed E-state index contributed by atoms with van der Waals surface area (Å²) in [5.41, 5.74) is 12.1. The van der Waals surface area contributed by atoms with Crippen LogP contribution >= 0.6 is 0 Å². The minimum atomic E-state index is -0.330. The molecule has 2 fully saturated rings. The van der Waals surface area contributed by atoms with Crippen LogP contribution in [0.4, 0.5) is 21.8 Å². The molecule has 1 aliphatic carbocycles. The van der Waals surface area contributed by atoms with Crippen molar-refractivity contribution >= 4 is 39.5 Å². The van der Waals surface area contributed by atoms with Crippen LogP contribution in [0.1, 0.15) is 37.3 Å². The maximum Gasteiger partial charge on any atom is 0.205 e. The van der Waals surface area contributed by atoms with Crippen LogP contribution < -0.4 is 11.1 Å². The smallest absolute Gasteiger partial charge is 0.205 e. The number of H-pyrrole nitrogens is 1. The highest BCUT2D eigenvalue weighted by atomic mass is 19.1. The summed E-state index contributed by atoms with van der Waals surface area (Å²) in [6.07, 6.45) is 8.45. The Morgan fingerprint density at radius 1 is 0.976 bits per heavy atom. The van der Waals surface area contributed by atoms with Gasteiger partial charge in [-0.1, -0.05) is 12.1 Å². The second-order valence-corrected chi connectivity index (χ2v) is 11.6. The second-order valence-electron chi connectivity index (χ2n) is 11.6. The largest absolute Gasteiger partial charge is 0.383 e. The van der Waals surface area contributed by atoms with Gasteiger partial charge >= 0.3 is 0 Å². The lowest BCUT2D eigenvalue weighted by atomic mass is 9.89. The van der Waals surface area contributed by atoms with Crippen LogP contribution in [0, 0.1) is 12.7 Å². The highest BCUT2D eigenvalue weighted by Gasteiger charge is 2.30. The third-order valence-corrected chi connectivity index (χ3v) is 8.90. The van der Waals surface area contributed by atoms with Crippen molar-refractivity contribution in [3.8, 4) is 11.1 Å². The molecule has 2 aromatic carbocycles. The van der Waals surface area contributed by atoms with Crippen LogP contribution in [-0.4, -0.2) is 73.6 Å². The van der Waals surface area contributed by atoms with Gasteiger partial charge in [0.15, 0.2) is 5.82 Å². The quantitative estimate of drug-likeness (QED) is 0.265. The first kappa shape index (κ1) is 25.9. The zero-order valence-corrected chi connectivity index (χ0v) is 23.6. The van der Waals surface area contributed by atoms with Gasteiger partial charge in [-0.05, 0) is 75.0 Å². The van der Waals surface area contributed by atoms with Crippen molar-refractivity contribution in [1.82, 2.24) is 34.3 Å². The van der Waals surface area contributed by atoms with Gasteiger partial charge in [-0.2, -0.15) is 0 Å². The molecule has 0 unspecified atom stereocenters. The monoisotopic (exact) mass is 553 g/mol. The molecule has 2 aliphatic rings. The van der Waals surface area contributed by atoms with Crippen LogP contribution in [0.3, 0.4) is 0 Å². The summed E-state index contributed by atoms with van der Waals surface area (Å²) >= 11 is 0. The molecule has 7 rings (SSSR count). The standard InChI is InChI=1S/C31H36FN9/c1-19-15-25(32)28-26(16-19)37-31(38-28)36-21-5-3-20(4-6-21)24-17-41(30-27(24)29(33)34-18-35-30)23-9-7-22(8-10-23)40-13-11-39(2)12-14-40/h3-6,15-18,22-23H,7-14H2,1-2H3,(H2,33,34,35)(H2,36,37,38). The number of likely N-dealkylation sites (N-methyl/N-ethyl adjacent to an activating group) is 1. The number of aromatic nitrogens is 5. The summed E-state index contributed by atoms with van der Waals surface area (Å²) in [5.74, 6) is 0.666. The number of piperazine rings is 1. The molecule has 0 amide bonds. The summed E-state index contributed by atoms with van der Waals surface area (Å²) < 4.78 is 16.7. The molecule has 0 bridgehead atoms. The zero-order valence-electron chi connectivity index (χ0n) is 23.6. The molecule has 3 aromatic heterocycles. The van der Waals surface area contributed by atoms with Crippen molar-refractivity contribution in [2.24, 2.45) is 0 Å². The van der Waals surface area contributed by atoms with E-state index < -0.39 is 0 Å². The van der Waals surface area contributed by atoms with E-state index in [-0.39, 0.29) is 5.82 Å². The molecule has 0 radical (unpaired) electrons. The van der Waals surface area contributed by atoms with Gasteiger partial charge in [0, 0.05) is 55.7 Å². The number of hydrogen-bond donors (Lipinski definition) is 3. The number of fused-ring (bicyclic) bond motifs is 2. The molecule has 4 N–H and O–H groups in total. The number of aryl methyl sites for hydroxylation is 1. The molecular weight excluding hydrogens is 517 g/mol. The minimum Gasteiger partial charge on any atom is -0.383 e. The topological polar surface area (TPSA) is 104 Å². The number of hydrogen-bond acceptors (Lipinski definition) is 7. The molecule has 41 heavy (non-hydrogen) atoms. The van der Waals surface area contributed by atoms with Gasteiger partial charge in [-0.15, -0.1) is 0 Å². The van der Waals surface area contributed by atoms with Crippen LogP contribution in [0.2, 0.25) is 0 Å². The highest BCUT2D eigenvalue weighted by Crippen LogP contribution is 2.39. The Hall–Kier alpha value is -4.02. The van der Waals surface area contributed by atoms with E-state index >= 15 is 0 Å². The van der Waals surface area contributed by atoms with Gasteiger partial charge in [0.1, 0.15) is 23.3 Å². The van der Waals surface area contributed by atoms with E-state index in [1.165, 1.54) is 32.0 Å². The molecule has 10 heteroatoms. The fourth-order valence-corrected chi connectivity index (χ4v) is 6.63. The average molecular weight is 554 g/mol. The molecule has 9 nitrogen and oxygen atoms in total. The van der Waals surface area contributed by atoms with Gasteiger partial charge in [-0.3, -0.25) is 4.90 Å². The van der Waals surface area contributed by atoms with E-state index in [2.05, 4.69) is 65.0 Å². The van der Waals surface area contributed by atoms with E-state index in [9.17, 15) is 4.39 Å². The second kappa shape index (κ2) is 10.4. The van der Waals surface area contributed by atoms with E-state index in [0.717, 1.165) is 59.3 Å². The Kier molecular flexibility index (Phi) is 6.59. The number of aromatic amines is 1. The minimum absolute atomic E-state index is 0.329. The summed E-state index contributed by atoms with van der Waals surface area (Å²) in [4.78, 5) is 21.7. The number of imidazole rings is 1. The first-order valence-electron chi connectivity index (χ1n) is 14.5. The molecule has 0 spiro atoms. The molecule has 1 aliphatic heterocycles. The van der Waals surface area contributed by atoms with Crippen LogP contribution in [0.5, 0.6) is 0 Å². The van der Waals surface area contributed by atoms with Gasteiger partial charge in [0.25, 0.3) is 0 Å². The number of benzene rings is 2. The predicted octanol–water partition coefficient (Wildman–Crippen LogP) is 5.48. The fourth-order valence-electron chi connectivity index (χ4n) is 6.63. The Balaban J connectivity index is 1.12. The van der Waals surface area contributed by atoms with Crippen LogP contribution in [0.25, 0.3) is 33.2 Å². The number of rotatable bonds is 5. The summed E-state index contributed by atoms with van der Waals surface area (Å²) in [7, 11) is 2.21. The lowest BCUT2D eigenvalue weighted by Crippen LogP contribution is -2.49. The van der Waals surface area contributed by atoms with Crippen molar-refractivity contribution < 1.29 is 4.39 Å². The number of halogens is 1. The van der Waals surface area contributed by atoms with Crippen molar-refractivity contribution in [3.05, 3.63) is 60.3 Å². The normalized spacial score (nSPS) is 20.7. The zero-order chi connectivity index (χ0) is 28.1. The van der Waals surface area contributed by atoms with Crippen molar-refractivity contribution in [3.63, 3.8) is 0 Å². The van der Waals surface area contributed by atoms with Crippen molar-refractivity contribution in [2.45, 2.75) is 44.7 Å². The Morgan fingerprint density at radius 3 is 2.46 bits per heavy atom. The van der Waals surface area contributed by atoms with E-state index in [1.807, 2.05) is 25.1 Å². The summed E-state index contributed by atoms with van der Waals surface area (Å²) in [5, 5.41) is 4.16. The van der Waals surface area contributed by atoms with Gasteiger partial charge in [-0.25, -0.2) is 19.3 Å². The maximum atomic E-state index is 14.3. The fraction of sp³-hybridized carbons (Fsp3) is 0.387. The predicted molar refractivity (Wildman–Crippen MR) is 162 cm³/mol. The number of nitrogens with zero attached hydrogens (tertiary/aromatic N) is 6. The van der Waals surface area contributed by atoms with Gasteiger partial charge < -0.3 is 25.5 Å². The average Bonchev–Trinajstić information content (AvgIpc) is 3.56. The van der Waals surface area contributed by atoms with Crippen molar-refractivity contribution in [2.75, 3.05) is 44.3 Å². The first-order valence-corrected chi connectivity index (χ1v) is 14.5. The van der Waals surface area contributed by atoms with Gasteiger partial charge in [0.2, 0.25) is 5.95 Å². The SMILES string of the molecule is Cc1cc(F)c2nc(Nc3ccc(-c4cn(C5CCC(N6CCN(C)CC6)CC5)c5ncnc(N)c45)cc3)[nH]c2c1. The molecule has 1 saturated heterocycles. The lowest BCUT2D eigenvalue weighted by molar-refractivity contribution is 0.0828. The number of anilines is 3. The van der Waals surface area contributed by atoms with E-state index in [1.54, 1.807) is 6.33 Å². The Bertz CT molecular complexity index is 1690. The van der Waals surface area contributed by atoms with Crippen molar-refractivity contribution in [1.29, 1.82) is 0 Å². The lowest BCUT2D eigenvalue weighted by Gasteiger charge is -2.41. The van der Waals surface area contributed by atoms with Gasteiger partial charge in [0.05, 0.1) is 10.9 Å². The third-order valence-electron chi connectivity index (χ3n) is 8.90. The van der Waals surface area contributed by atoms with Crippen LogP contribution in [-0.2, 0) is 0 Å². The third kappa shape index (κ3) is 4.91. The first-order chi connectivity index (χ1) is 19.9. The molecule has 0 atom stereocenters. The maximum absolute atomic E-state index is 14.3. The molecule has 212 valence electrons. The van der Waals surface area contributed by atoms with E-state index in [0.29, 0.717) is 34.9 Å². The molecule has 4 heterocycles. The summed E-state index contributed by atoms with van der Waals surface area (Å²) in [6.45, 7) is 6.52. The summed E-state index contributed by atoms with van der Waals surface area (Å²) in [6, 6.07) is 12.6. The molecule has 5 aromatic rings. The number of nitrogens with one attached hydrogen (secondary N) is 2. The highest BCUT2D eigenvalue weighted by molar-refractivity contribution is 6.00.